The summed E-state index contributed by atoms with van der Waals surface area (Å²) in [6, 6.07) is 0. The van der Waals surface area contributed by atoms with Gasteiger partial charge < -0.3 is 15.4 Å². The van der Waals surface area contributed by atoms with Crippen molar-refractivity contribution in [2.75, 3.05) is 30.3 Å². The van der Waals surface area contributed by atoms with Gasteiger partial charge in [0, 0.05) is 19.3 Å². The highest BCUT2D eigenvalue weighted by atomic mass is 79.9. The van der Waals surface area contributed by atoms with Crippen LogP contribution in [0.2, 0.25) is 0 Å². The molecule has 0 amide bonds. The van der Waals surface area contributed by atoms with Gasteiger partial charge in [-0.1, -0.05) is 19.3 Å². The van der Waals surface area contributed by atoms with E-state index >= 15 is 0 Å². The molecule has 1 aliphatic carbocycles. The molecule has 1 heterocycles. The lowest BCUT2D eigenvalue weighted by atomic mass is 9.98. The number of nitrogens with zero attached hydrogens (tertiary/aromatic N) is 2. The molecule has 1 fully saturated rings. The lowest BCUT2D eigenvalue weighted by molar-refractivity contribution is 0.0347. The molecule has 0 atom stereocenters. The Balaban J connectivity index is 1.73. The fraction of sp³-hybridized carbons (Fsp3) is 0.714. The number of aromatic nitrogens is 2. The molecule has 0 spiro atoms. The highest BCUT2D eigenvalue weighted by Gasteiger charge is 2.13. The van der Waals surface area contributed by atoms with E-state index in [1.54, 1.807) is 6.20 Å². The first-order valence-electron chi connectivity index (χ1n) is 7.41. The van der Waals surface area contributed by atoms with Gasteiger partial charge >= 0.3 is 0 Å². The normalized spacial score (nSPS) is 16.1. The first-order chi connectivity index (χ1) is 9.79. The van der Waals surface area contributed by atoms with E-state index in [4.69, 9.17) is 4.74 Å². The summed E-state index contributed by atoms with van der Waals surface area (Å²) in [7, 11) is 0. The summed E-state index contributed by atoms with van der Waals surface area (Å²) in [6.45, 7) is 4.32. The van der Waals surface area contributed by atoms with Gasteiger partial charge in [0.05, 0.1) is 17.2 Å². The number of hydrogen-bond acceptors (Lipinski definition) is 5. The van der Waals surface area contributed by atoms with Crippen molar-refractivity contribution in [2.45, 2.75) is 45.1 Å². The molecule has 1 aromatic rings. The number of hydrogen-bond donors (Lipinski definition) is 2. The molecule has 1 aromatic heterocycles. The molecular formula is C14H23BrN4O. The molecule has 2 rings (SSSR count). The largest absolute Gasteiger partial charge is 0.376 e. The van der Waals surface area contributed by atoms with E-state index in [0.717, 1.165) is 30.0 Å². The highest BCUT2D eigenvalue weighted by molar-refractivity contribution is 9.10. The smallest absolute Gasteiger partial charge is 0.224 e. The van der Waals surface area contributed by atoms with Crippen LogP contribution in [0.4, 0.5) is 11.8 Å². The quantitative estimate of drug-likeness (QED) is 0.743. The van der Waals surface area contributed by atoms with Gasteiger partial charge in [0.2, 0.25) is 5.95 Å². The maximum atomic E-state index is 5.89. The van der Waals surface area contributed by atoms with Crippen molar-refractivity contribution >= 4 is 27.7 Å². The van der Waals surface area contributed by atoms with Crippen LogP contribution in [0.15, 0.2) is 10.7 Å². The van der Waals surface area contributed by atoms with Crippen LogP contribution in [0, 0.1) is 0 Å². The summed E-state index contributed by atoms with van der Waals surface area (Å²) in [5, 5.41) is 6.39. The Morgan fingerprint density at radius 3 is 2.85 bits per heavy atom. The van der Waals surface area contributed by atoms with E-state index in [2.05, 4.69) is 36.5 Å². The van der Waals surface area contributed by atoms with Crippen LogP contribution in [0.1, 0.15) is 39.0 Å². The minimum atomic E-state index is 0.455. The molecule has 2 N–H and O–H groups in total. The number of ether oxygens (including phenoxy) is 1. The third-order valence-corrected chi connectivity index (χ3v) is 3.96. The third-order valence-electron chi connectivity index (χ3n) is 3.38. The van der Waals surface area contributed by atoms with Gasteiger partial charge in [-0.3, -0.25) is 0 Å². The molecule has 20 heavy (non-hydrogen) atoms. The van der Waals surface area contributed by atoms with E-state index in [1.165, 1.54) is 32.1 Å². The molecular weight excluding hydrogens is 320 g/mol. The van der Waals surface area contributed by atoms with Crippen LogP contribution >= 0.6 is 15.9 Å². The minimum absolute atomic E-state index is 0.455. The van der Waals surface area contributed by atoms with E-state index in [0.29, 0.717) is 12.1 Å². The number of nitrogens with one attached hydrogen (secondary N) is 2. The average molecular weight is 343 g/mol. The molecule has 0 radical (unpaired) electrons. The van der Waals surface area contributed by atoms with Crippen molar-refractivity contribution < 1.29 is 4.74 Å². The van der Waals surface area contributed by atoms with E-state index in [-0.39, 0.29) is 0 Å². The lowest BCUT2D eigenvalue weighted by Crippen LogP contribution is -2.21. The van der Waals surface area contributed by atoms with E-state index in [1.807, 2.05) is 6.92 Å². The summed E-state index contributed by atoms with van der Waals surface area (Å²) in [5.74, 6) is 1.45. The van der Waals surface area contributed by atoms with Gasteiger partial charge in [0.15, 0.2) is 0 Å². The van der Waals surface area contributed by atoms with Crippen molar-refractivity contribution in [2.24, 2.45) is 0 Å². The van der Waals surface area contributed by atoms with Gasteiger partial charge in [-0.15, -0.1) is 0 Å². The van der Waals surface area contributed by atoms with Gasteiger partial charge in [0.1, 0.15) is 5.82 Å². The van der Waals surface area contributed by atoms with Crippen molar-refractivity contribution in [1.82, 2.24) is 9.97 Å². The van der Waals surface area contributed by atoms with Crippen LogP contribution < -0.4 is 10.6 Å². The number of rotatable bonds is 7. The third kappa shape index (κ3) is 4.90. The molecule has 0 unspecified atom stereocenters. The van der Waals surface area contributed by atoms with Crippen LogP contribution in [0.5, 0.6) is 0 Å². The second-order valence-corrected chi connectivity index (χ2v) is 5.83. The van der Waals surface area contributed by atoms with Gasteiger partial charge in [-0.2, -0.15) is 4.98 Å². The zero-order valence-corrected chi connectivity index (χ0v) is 13.6. The predicted octanol–water partition coefficient (Wildman–Crippen LogP) is 3.43. The van der Waals surface area contributed by atoms with Crippen LogP contribution in [-0.2, 0) is 4.74 Å². The maximum absolute atomic E-state index is 5.89. The van der Waals surface area contributed by atoms with Crippen molar-refractivity contribution in [3.8, 4) is 0 Å². The standard InChI is InChI=1S/C14H23BrN4O/c1-2-16-14-18-10-12(15)13(19-14)17-8-9-20-11-6-4-3-5-7-11/h10-11H,2-9H2,1H3,(H2,16,17,18,19). The average Bonchev–Trinajstić information content (AvgIpc) is 2.48. The number of anilines is 2. The van der Waals surface area contributed by atoms with Gasteiger partial charge in [-0.05, 0) is 35.7 Å². The zero-order chi connectivity index (χ0) is 14.2. The Labute approximate surface area is 129 Å². The monoisotopic (exact) mass is 342 g/mol. The van der Waals surface area contributed by atoms with Crippen molar-refractivity contribution in [3.63, 3.8) is 0 Å². The Morgan fingerprint density at radius 2 is 2.10 bits per heavy atom. The highest BCUT2D eigenvalue weighted by Crippen LogP contribution is 2.21. The molecule has 0 aromatic carbocycles. The molecule has 112 valence electrons. The Kier molecular flexibility index (Phi) is 6.53. The summed E-state index contributed by atoms with van der Waals surface area (Å²) in [6.07, 6.45) is 8.61. The summed E-state index contributed by atoms with van der Waals surface area (Å²) < 4.78 is 6.76. The first kappa shape index (κ1) is 15.5. The fourth-order valence-electron chi connectivity index (χ4n) is 2.36. The summed E-state index contributed by atoms with van der Waals surface area (Å²) in [4.78, 5) is 8.60. The molecule has 6 heteroatoms. The molecule has 0 aliphatic heterocycles. The summed E-state index contributed by atoms with van der Waals surface area (Å²) >= 11 is 3.45. The van der Waals surface area contributed by atoms with Gasteiger partial charge in [-0.25, -0.2) is 4.98 Å². The molecule has 0 saturated heterocycles. The zero-order valence-electron chi connectivity index (χ0n) is 12.0. The second kappa shape index (κ2) is 8.42. The lowest BCUT2D eigenvalue weighted by Gasteiger charge is -2.22. The predicted molar refractivity (Wildman–Crippen MR) is 85.2 cm³/mol. The topological polar surface area (TPSA) is 59.1 Å². The maximum Gasteiger partial charge on any atom is 0.224 e. The Morgan fingerprint density at radius 1 is 1.30 bits per heavy atom. The second-order valence-electron chi connectivity index (χ2n) is 4.98. The Hall–Kier alpha value is -0.880. The van der Waals surface area contributed by atoms with Crippen molar-refractivity contribution in [1.29, 1.82) is 0 Å². The first-order valence-corrected chi connectivity index (χ1v) is 8.20. The SMILES string of the molecule is CCNc1ncc(Br)c(NCCOC2CCCCC2)n1. The molecule has 5 nitrogen and oxygen atoms in total. The molecule has 1 aliphatic rings. The number of halogens is 1. The van der Waals surface area contributed by atoms with Crippen LogP contribution in [-0.4, -0.2) is 35.8 Å². The van der Waals surface area contributed by atoms with Crippen LogP contribution in [0.3, 0.4) is 0 Å². The van der Waals surface area contributed by atoms with E-state index < -0.39 is 0 Å². The molecule has 0 bridgehead atoms. The minimum Gasteiger partial charge on any atom is -0.376 e. The molecule has 1 saturated carbocycles. The van der Waals surface area contributed by atoms with Gasteiger partial charge in [0.25, 0.3) is 0 Å². The van der Waals surface area contributed by atoms with E-state index in [9.17, 15) is 0 Å². The van der Waals surface area contributed by atoms with Crippen molar-refractivity contribution in [3.05, 3.63) is 10.7 Å². The Bertz CT molecular complexity index is 410. The fourth-order valence-corrected chi connectivity index (χ4v) is 2.69. The van der Waals surface area contributed by atoms with Crippen LogP contribution in [0.25, 0.3) is 0 Å². The summed E-state index contributed by atoms with van der Waals surface area (Å²) in [5.41, 5.74) is 0.